The Hall–Kier alpha value is -1.65. The van der Waals surface area contributed by atoms with E-state index in [1.54, 1.807) is 31.2 Å². The Balaban J connectivity index is 3.16. The van der Waals surface area contributed by atoms with E-state index in [9.17, 15) is 9.90 Å². The number of aliphatic hydroxyl groups is 1. The van der Waals surface area contributed by atoms with Crippen LogP contribution in [0.2, 0.25) is 0 Å². The highest BCUT2D eigenvalue weighted by Crippen LogP contribution is 2.32. The molecule has 1 rings (SSSR count). The fourth-order valence-electron chi connectivity index (χ4n) is 2.02. The summed E-state index contributed by atoms with van der Waals surface area (Å²) in [7, 11) is 1.47. The molecule has 104 valence electrons. The van der Waals surface area contributed by atoms with Gasteiger partial charge in [0.05, 0.1) is 13.2 Å². The van der Waals surface area contributed by atoms with Crippen molar-refractivity contribution in [3.63, 3.8) is 0 Å². The molecule has 2 atom stereocenters. The highest BCUT2D eigenvalue weighted by atomic mass is 16.5. The molecular formula is C15H20O4. The molecule has 0 aliphatic rings. The summed E-state index contributed by atoms with van der Waals surface area (Å²) in [5.74, 6) is -1.39. The third kappa shape index (κ3) is 3.43. The summed E-state index contributed by atoms with van der Waals surface area (Å²) in [6.07, 6.45) is 1.39. The summed E-state index contributed by atoms with van der Waals surface area (Å²) in [5.41, 5.74) is -0.890. The van der Waals surface area contributed by atoms with Gasteiger partial charge in [-0.2, -0.15) is 0 Å². The molecule has 19 heavy (non-hydrogen) atoms. The van der Waals surface area contributed by atoms with Crippen LogP contribution in [0, 0.1) is 5.92 Å². The van der Waals surface area contributed by atoms with Crippen LogP contribution in [0.5, 0.6) is 0 Å². The normalized spacial score (nSPS) is 15.3. The predicted molar refractivity (Wildman–Crippen MR) is 72.5 cm³/mol. The predicted octanol–water partition coefficient (Wildman–Crippen LogP) is 1.89. The quantitative estimate of drug-likeness (QED) is 0.603. The minimum Gasteiger partial charge on any atom is -0.465 e. The molecule has 0 amide bonds. The van der Waals surface area contributed by atoms with Crippen LogP contribution in [0.15, 0.2) is 43.0 Å². The van der Waals surface area contributed by atoms with Crippen LogP contribution in [0.25, 0.3) is 0 Å². The minimum absolute atomic E-state index is 0.0213. The Kier molecular flexibility index (Phi) is 5.73. The van der Waals surface area contributed by atoms with Crippen LogP contribution < -0.4 is 0 Å². The average Bonchev–Trinajstić information content (AvgIpc) is 2.41. The van der Waals surface area contributed by atoms with E-state index in [1.807, 2.05) is 6.07 Å². The molecule has 0 aliphatic heterocycles. The molecule has 1 aromatic carbocycles. The molecule has 4 nitrogen and oxygen atoms in total. The lowest BCUT2D eigenvalue weighted by Gasteiger charge is -2.32. The van der Waals surface area contributed by atoms with Crippen LogP contribution in [0.4, 0.5) is 0 Å². The van der Waals surface area contributed by atoms with E-state index in [-0.39, 0.29) is 13.2 Å². The fraction of sp³-hybridized carbons (Fsp3) is 0.400. The van der Waals surface area contributed by atoms with Crippen molar-refractivity contribution in [2.45, 2.75) is 12.5 Å². The zero-order valence-corrected chi connectivity index (χ0v) is 11.3. The second-order valence-electron chi connectivity index (χ2n) is 4.19. The van der Waals surface area contributed by atoms with E-state index >= 15 is 0 Å². The van der Waals surface area contributed by atoms with Gasteiger partial charge in [0.25, 0.3) is 0 Å². The first-order valence-corrected chi connectivity index (χ1v) is 6.16. The minimum atomic E-state index is -1.48. The van der Waals surface area contributed by atoms with Crippen LogP contribution in [-0.4, -0.2) is 31.4 Å². The molecule has 0 aromatic heterocycles. The highest BCUT2D eigenvalue weighted by molar-refractivity contribution is 5.76. The SMILES string of the molecule is C=C[C@H](C(=O)OCC)[C@@](O)(COC)c1ccccc1. The summed E-state index contributed by atoms with van der Waals surface area (Å²) in [4.78, 5) is 12.0. The highest BCUT2D eigenvalue weighted by Gasteiger charge is 2.42. The van der Waals surface area contributed by atoms with Gasteiger partial charge in [-0.1, -0.05) is 36.4 Å². The maximum Gasteiger partial charge on any atom is 0.316 e. The van der Waals surface area contributed by atoms with Gasteiger partial charge < -0.3 is 14.6 Å². The summed E-state index contributed by atoms with van der Waals surface area (Å²) in [5, 5.41) is 10.8. The van der Waals surface area contributed by atoms with Crippen molar-refractivity contribution in [3.05, 3.63) is 48.6 Å². The maximum atomic E-state index is 12.0. The maximum absolute atomic E-state index is 12.0. The summed E-state index contributed by atoms with van der Waals surface area (Å²) >= 11 is 0. The number of benzene rings is 1. The summed E-state index contributed by atoms with van der Waals surface area (Å²) < 4.78 is 10.1. The lowest BCUT2D eigenvalue weighted by atomic mass is 9.81. The standard InChI is InChI=1S/C15H20O4/c1-4-13(14(16)19-5-2)15(17,11-18-3)12-9-7-6-8-10-12/h4,6-10,13,17H,1,5,11H2,2-3H3/t13-,15-/m1/s1. The van der Waals surface area contributed by atoms with Gasteiger partial charge in [-0.3, -0.25) is 4.79 Å². The van der Waals surface area contributed by atoms with Crippen molar-refractivity contribution in [2.75, 3.05) is 20.3 Å². The number of carbonyl (C=O) groups excluding carboxylic acids is 1. The zero-order valence-electron chi connectivity index (χ0n) is 11.3. The Bertz CT molecular complexity index is 415. The van der Waals surface area contributed by atoms with Gasteiger partial charge in [0.2, 0.25) is 0 Å². The molecule has 0 saturated carbocycles. The Morgan fingerprint density at radius 3 is 2.58 bits per heavy atom. The van der Waals surface area contributed by atoms with Crippen molar-refractivity contribution in [3.8, 4) is 0 Å². The van der Waals surface area contributed by atoms with E-state index in [4.69, 9.17) is 9.47 Å². The summed E-state index contributed by atoms with van der Waals surface area (Å²) in [6.45, 7) is 5.57. The van der Waals surface area contributed by atoms with E-state index in [0.717, 1.165) is 0 Å². The Morgan fingerprint density at radius 2 is 2.11 bits per heavy atom. The van der Waals surface area contributed by atoms with E-state index < -0.39 is 17.5 Å². The topological polar surface area (TPSA) is 55.8 Å². The van der Waals surface area contributed by atoms with E-state index in [1.165, 1.54) is 13.2 Å². The van der Waals surface area contributed by atoms with Crippen molar-refractivity contribution in [2.24, 2.45) is 5.92 Å². The fourth-order valence-corrected chi connectivity index (χ4v) is 2.02. The first-order chi connectivity index (χ1) is 9.10. The van der Waals surface area contributed by atoms with Gasteiger partial charge >= 0.3 is 5.97 Å². The van der Waals surface area contributed by atoms with Gasteiger partial charge in [-0.05, 0) is 12.5 Å². The molecule has 0 aliphatic carbocycles. The molecule has 0 bridgehead atoms. The Morgan fingerprint density at radius 1 is 1.47 bits per heavy atom. The molecule has 0 unspecified atom stereocenters. The van der Waals surface area contributed by atoms with Gasteiger partial charge in [0.15, 0.2) is 0 Å². The van der Waals surface area contributed by atoms with Crippen molar-refractivity contribution in [1.82, 2.24) is 0 Å². The van der Waals surface area contributed by atoms with Gasteiger partial charge in [-0.15, -0.1) is 6.58 Å². The average molecular weight is 264 g/mol. The third-order valence-electron chi connectivity index (χ3n) is 2.93. The monoisotopic (exact) mass is 264 g/mol. The van der Waals surface area contributed by atoms with Crippen LogP contribution in [-0.2, 0) is 19.9 Å². The molecule has 0 heterocycles. The second-order valence-corrected chi connectivity index (χ2v) is 4.19. The van der Waals surface area contributed by atoms with Crippen LogP contribution >= 0.6 is 0 Å². The van der Waals surface area contributed by atoms with Crippen molar-refractivity contribution in [1.29, 1.82) is 0 Å². The molecule has 0 fully saturated rings. The molecule has 4 heteroatoms. The van der Waals surface area contributed by atoms with Crippen molar-refractivity contribution >= 4 is 5.97 Å². The number of rotatable bonds is 7. The van der Waals surface area contributed by atoms with E-state index in [0.29, 0.717) is 5.56 Å². The molecule has 1 N–H and O–H groups in total. The first-order valence-electron chi connectivity index (χ1n) is 6.16. The molecule has 0 radical (unpaired) electrons. The zero-order chi connectivity index (χ0) is 14.3. The number of ether oxygens (including phenoxy) is 2. The number of hydrogen-bond acceptors (Lipinski definition) is 4. The van der Waals surface area contributed by atoms with Gasteiger partial charge in [0.1, 0.15) is 11.5 Å². The van der Waals surface area contributed by atoms with Gasteiger partial charge in [-0.25, -0.2) is 0 Å². The largest absolute Gasteiger partial charge is 0.465 e. The Labute approximate surface area is 113 Å². The molecule has 1 aromatic rings. The van der Waals surface area contributed by atoms with Gasteiger partial charge in [0, 0.05) is 7.11 Å². The lowest BCUT2D eigenvalue weighted by molar-refractivity contribution is -0.159. The summed E-state index contributed by atoms with van der Waals surface area (Å²) in [6, 6.07) is 8.91. The van der Waals surface area contributed by atoms with Crippen molar-refractivity contribution < 1.29 is 19.4 Å². The molecule has 0 spiro atoms. The number of carbonyl (C=O) groups is 1. The smallest absolute Gasteiger partial charge is 0.316 e. The first kappa shape index (κ1) is 15.4. The molecule has 0 saturated heterocycles. The lowest BCUT2D eigenvalue weighted by Crippen LogP contribution is -2.43. The number of hydrogen-bond donors (Lipinski definition) is 1. The van der Waals surface area contributed by atoms with E-state index in [2.05, 4.69) is 6.58 Å². The third-order valence-corrected chi connectivity index (χ3v) is 2.93. The number of methoxy groups -OCH3 is 1. The van der Waals surface area contributed by atoms with Crippen LogP contribution in [0.1, 0.15) is 12.5 Å². The second kappa shape index (κ2) is 7.07. The van der Waals surface area contributed by atoms with Crippen LogP contribution in [0.3, 0.4) is 0 Å². The molecular weight excluding hydrogens is 244 g/mol. The number of esters is 1.